The van der Waals surface area contributed by atoms with Crippen molar-refractivity contribution in [2.24, 2.45) is 0 Å². The van der Waals surface area contributed by atoms with Crippen LogP contribution in [0.5, 0.6) is 5.75 Å². The number of halogens is 1. The van der Waals surface area contributed by atoms with Crippen molar-refractivity contribution in [1.82, 2.24) is 4.98 Å². The van der Waals surface area contributed by atoms with Crippen LogP contribution in [0, 0.1) is 0 Å². The zero-order valence-electron chi connectivity index (χ0n) is 11.4. The fraction of sp³-hybridized carbons (Fsp3) is 0.0625. The fourth-order valence-corrected chi connectivity index (χ4v) is 2.72. The maximum atomic E-state index is 6.22. The zero-order valence-corrected chi connectivity index (χ0v) is 13.0. The van der Waals surface area contributed by atoms with Gasteiger partial charge in [-0.3, -0.25) is 4.98 Å². The normalized spacial score (nSPS) is 10.6. The summed E-state index contributed by atoms with van der Waals surface area (Å²) >= 11 is 3.47. The molecule has 0 saturated carbocycles. The molecule has 0 unspecified atom stereocenters. The molecule has 0 amide bonds. The Morgan fingerprint density at radius 1 is 1.19 bits per heavy atom. The lowest BCUT2D eigenvalue weighted by Crippen LogP contribution is -1.98. The lowest BCUT2D eigenvalue weighted by Gasteiger charge is -2.12. The SMILES string of the molecule is COc1ccc(Nc2ccc3ncccc3c2N)cc1Br. The number of ether oxygens (including phenoxy) is 1. The molecule has 0 fully saturated rings. The third-order valence-electron chi connectivity index (χ3n) is 3.26. The van der Waals surface area contributed by atoms with Crippen molar-refractivity contribution >= 4 is 43.9 Å². The van der Waals surface area contributed by atoms with E-state index >= 15 is 0 Å². The van der Waals surface area contributed by atoms with E-state index in [0.717, 1.165) is 32.5 Å². The smallest absolute Gasteiger partial charge is 0.133 e. The molecule has 5 heteroatoms. The number of aromatic nitrogens is 1. The van der Waals surface area contributed by atoms with Crippen LogP contribution >= 0.6 is 15.9 Å². The molecule has 4 nitrogen and oxygen atoms in total. The van der Waals surface area contributed by atoms with E-state index in [2.05, 4.69) is 26.2 Å². The minimum atomic E-state index is 0.688. The molecule has 0 bridgehead atoms. The van der Waals surface area contributed by atoms with Gasteiger partial charge in [-0.15, -0.1) is 0 Å². The second-order valence-electron chi connectivity index (χ2n) is 4.57. The molecular formula is C16H14BrN3O. The number of rotatable bonds is 3. The summed E-state index contributed by atoms with van der Waals surface area (Å²) < 4.78 is 6.11. The summed E-state index contributed by atoms with van der Waals surface area (Å²) in [4.78, 5) is 4.30. The molecule has 0 atom stereocenters. The third kappa shape index (κ3) is 2.64. The van der Waals surface area contributed by atoms with Crippen molar-refractivity contribution in [3.63, 3.8) is 0 Å². The van der Waals surface area contributed by atoms with Gasteiger partial charge < -0.3 is 15.8 Å². The van der Waals surface area contributed by atoms with Crippen molar-refractivity contribution < 1.29 is 4.74 Å². The molecule has 3 rings (SSSR count). The van der Waals surface area contributed by atoms with E-state index in [9.17, 15) is 0 Å². The highest BCUT2D eigenvalue weighted by molar-refractivity contribution is 9.10. The second kappa shape index (κ2) is 5.61. The molecule has 3 N–H and O–H groups in total. The van der Waals surface area contributed by atoms with E-state index in [-0.39, 0.29) is 0 Å². The first-order chi connectivity index (χ1) is 10.2. The maximum Gasteiger partial charge on any atom is 0.133 e. The van der Waals surface area contributed by atoms with Gasteiger partial charge in [-0.2, -0.15) is 0 Å². The van der Waals surface area contributed by atoms with Gasteiger partial charge in [0, 0.05) is 17.3 Å². The number of hydrogen-bond acceptors (Lipinski definition) is 4. The number of nitrogens with two attached hydrogens (primary N) is 1. The van der Waals surface area contributed by atoms with E-state index in [4.69, 9.17) is 10.5 Å². The number of nitrogens with one attached hydrogen (secondary N) is 1. The Hall–Kier alpha value is -2.27. The third-order valence-corrected chi connectivity index (χ3v) is 3.88. The van der Waals surface area contributed by atoms with Crippen LogP contribution in [0.2, 0.25) is 0 Å². The van der Waals surface area contributed by atoms with Gasteiger partial charge in [-0.05, 0) is 58.4 Å². The Balaban J connectivity index is 1.98. The number of benzene rings is 2. The number of methoxy groups -OCH3 is 1. The predicted molar refractivity (Wildman–Crippen MR) is 90.1 cm³/mol. The lowest BCUT2D eigenvalue weighted by atomic mass is 10.1. The quantitative estimate of drug-likeness (QED) is 0.694. The van der Waals surface area contributed by atoms with Crippen LogP contribution in [-0.2, 0) is 0 Å². The fourth-order valence-electron chi connectivity index (χ4n) is 2.18. The van der Waals surface area contributed by atoms with Crippen molar-refractivity contribution in [2.75, 3.05) is 18.2 Å². The number of pyridine rings is 1. The standard InChI is InChI=1S/C16H14BrN3O/c1-21-15-7-4-10(9-12(15)17)20-14-6-5-13-11(16(14)18)3-2-8-19-13/h2-9,20H,18H2,1H3. The first-order valence-electron chi connectivity index (χ1n) is 6.43. The van der Waals surface area contributed by atoms with E-state index in [1.807, 2.05) is 42.5 Å². The Bertz CT molecular complexity index is 805. The molecule has 1 aromatic heterocycles. The van der Waals surface area contributed by atoms with Crippen molar-refractivity contribution in [2.45, 2.75) is 0 Å². The van der Waals surface area contributed by atoms with Gasteiger partial charge >= 0.3 is 0 Å². The van der Waals surface area contributed by atoms with Gasteiger partial charge in [0.1, 0.15) is 5.75 Å². The lowest BCUT2D eigenvalue weighted by molar-refractivity contribution is 0.412. The first kappa shape index (κ1) is 13.7. The summed E-state index contributed by atoms with van der Waals surface area (Å²) in [6.45, 7) is 0. The summed E-state index contributed by atoms with van der Waals surface area (Å²) in [6, 6.07) is 13.5. The van der Waals surface area contributed by atoms with E-state index < -0.39 is 0 Å². The second-order valence-corrected chi connectivity index (χ2v) is 5.43. The van der Waals surface area contributed by atoms with Gasteiger partial charge in [0.05, 0.1) is 28.5 Å². The molecule has 0 aliphatic rings. The molecule has 0 saturated heterocycles. The highest BCUT2D eigenvalue weighted by atomic mass is 79.9. The van der Waals surface area contributed by atoms with Gasteiger partial charge in [-0.25, -0.2) is 0 Å². The van der Waals surface area contributed by atoms with Gasteiger partial charge in [-0.1, -0.05) is 0 Å². The minimum Gasteiger partial charge on any atom is -0.496 e. The van der Waals surface area contributed by atoms with E-state index in [1.165, 1.54) is 0 Å². The number of anilines is 3. The first-order valence-corrected chi connectivity index (χ1v) is 7.22. The van der Waals surface area contributed by atoms with Crippen molar-refractivity contribution in [1.29, 1.82) is 0 Å². The van der Waals surface area contributed by atoms with Gasteiger partial charge in [0.25, 0.3) is 0 Å². The maximum absolute atomic E-state index is 6.22. The number of nitrogen functional groups attached to an aromatic ring is 1. The Kier molecular flexibility index (Phi) is 3.66. The minimum absolute atomic E-state index is 0.688. The molecule has 0 spiro atoms. The zero-order chi connectivity index (χ0) is 14.8. The molecule has 0 aliphatic heterocycles. The van der Waals surface area contributed by atoms with Crippen molar-refractivity contribution in [3.05, 3.63) is 53.1 Å². The van der Waals surface area contributed by atoms with E-state index in [0.29, 0.717) is 5.69 Å². The molecular weight excluding hydrogens is 330 g/mol. The average molecular weight is 344 g/mol. The molecule has 1 heterocycles. The summed E-state index contributed by atoms with van der Waals surface area (Å²) in [5.74, 6) is 0.788. The van der Waals surface area contributed by atoms with Gasteiger partial charge in [0.2, 0.25) is 0 Å². The Morgan fingerprint density at radius 3 is 2.81 bits per heavy atom. The van der Waals surface area contributed by atoms with E-state index in [1.54, 1.807) is 13.3 Å². The molecule has 21 heavy (non-hydrogen) atoms. The molecule has 0 radical (unpaired) electrons. The Labute approximate surface area is 131 Å². The summed E-state index contributed by atoms with van der Waals surface area (Å²) in [5, 5.41) is 4.26. The van der Waals surface area contributed by atoms with Crippen LogP contribution in [0.25, 0.3) is 10.9 Å². The summed E-state index contributed by atoms with van der Waals surface area (Å²) in [7, 11) is 1.64. The average Bonchev–Trinajstić information content (AvgIpc) is 2.51. The van der Waals surface area contributed by atoms with Crippen molar-refractivity contribution in [3.8, 4) is 5.75 Å². The summed E-state index contributed by atoms with van der Waals surface area (Å²) in [5.41, 5.74) is 9.58. The topological polar surface area (TPSA) is 60.2 Å². The highest BCUT2D eigenvalue weighted by Gasteiger charge is 2.07. The largest absolute Gasteiger partial charge is 0.496 e. The van der Waals surface area contributed by atoms with Crippen LogP contribution in [-0.4, -0.2) is 12.1 Å². The molecule has 106 valence electrons. The highest BCUT2D eigenvalue weighted by Crippen LogP contribution is 2.33. The predicted octanol–water partition coefficient (Wildman–Crippen LogP) is 4.33. The molecule has 3 aromatic rings. The van der Waals surface area contributed by atoms with Gasteiger partial charge in [0.15, 0.2) is 0 Å². The monoisotopic (exact) mass is 343 g/mol. The molecule has 0 aliphatic carbocycles. The van der Waals surface area contributed by atoms with Crippen LogP contribution < -0.4 is 15.8 Å². The number of hydrogen-bond donors (Lipinski definition) is 2. The Morgan fingerprint density at radius 2 is 2.05 bits per heavy atom. The van der Waals surface area contributed by atoms with Crippen LogP contribution in [0.4, 0.5) is 17.1 Å². The number of fused-ring (bicyclic) bond motifs is 1. The molecule has 2 aromatic carbocycles. The van der Waals surface area contributed by atoms with Crippen LogP contribution in [0.3, 0.4) is 0 Å². The summed E-state index contributed by atoms with van der Waals surface area (Å²) in [6.07, 6.45) is 1.76. The van der Waals surface area contributed by atoms with Crippen LogP contribution in [0.1, 0.15) is 0 Å². The van der Waals surface area contributed by atoms with Crippen LogP contribution in [0.15, 0.2) is 53.1 Å². The number of nitrogens with zero attached hydrogens (tertiary/aromatic N) is 1.